The molecule has 1 aromatic heterocycles. The fourth-order valence-electron chi connectivity index (χ4n) is 4.52. The molecule has 178 valence electrons. The molecule has 0 saturated carbocycles. The lowest BCUT2D eigenvalue weighted by molar-refractivity contribution is -0.136. The first-order valence-corrected chi connectivity index (χ1v) is 12.4. The minimum atomic E-state index is -1.05. The van der Waals surface area contributed by atoms with Crippen molar-refractivity contribution in [3.8, 4) is 5.69 Å². The van der Waals surface area contributed by atoms with E-state index in [0.29, 0.717) is 5.82 Å². The van der Waals surface area contributed by atoms with Gasteiger partial charge in [-0.2, -0.15) is 5.10 Å². The SMILES string of the molecule is Cc1cccc(C2SCC(=O)N(CC(=O)O)c3c2c(C(C)(C)C)nn3-c2ccc(C)cc2C)c1. The van der Waals surface area contributed by atoms with Gasteiger partial charge in [0.25, 0.3) is 0 Å². The van der Waals surface area contributed by atoms with E-state index >= 15 is 0 Å². The molecule has 0 aliphatic carbocycles. The van der Waals surface area contributed by atoms with E-state index in [1.165, 1.54) is 16.7 Å². The highest BCUT2D eigenvalue weighted by atomic mass is 32.2. The van der Waals surface area contributed by atoms with Crippen molar-refractivity contribution in [1.29, 1.82) is 0 Å². The lowest BCUT2D eigenvalue weighted by Gasteiger charge is -2.24. The quantitative estimate of drug-likeness (QED) is 0.548. The summed E-state index contributed by atoms with van der Waals surface area (Å²) in [6, 6.07) is 14.4. The number of hydrogen-bond donors (Lipinski definition) is 1. The van der Waals surface area contributed by atoms with Gasteiger partial charge in [-0.05, 0) is 38.0 Å². The third kappa shape index (κ3) is 4.49. The molecule has 0 saturated heterocycles. The zero-order valence-corrected chi connectivity index (χ0v) is 21.4. The highest BCUT2D eigenvalue weighted by Crippen LogP contribution is 2.48. The Balaban J connectivity index is 2.10. The van der Waals surface area contributed by atoms with Gasteiger partial charge < -0.3 is 5.11 Å². The third-order valence-electron chi connectivity index (χ3n) is 6.02. The number of hydrogen-bond acceptors (Lipinski definition) is 4. The zero-order valence-electron chi connectivity index (χ0n) is 20.5. The highest BCUT2D eigenvalue weighted by Gasteiger charge is 2.40. The molecule has 34 heavy (non-hydrogen) atoms. The summed E-state index contributed by atoms with van der Waals surface area (Å²) >= 11 is 1.54. The van der Waals surface area contributed by atoms with Gasteiger partial charge in [0.2, 0.25) is 5.91 Å². The van der Waals surface area contributed by atoms with Crippen molar-refractivity contribution in [2.45, 2.75) is 52.2 Å². The monoisotopic (exact) mass is 477 g/mol. The van der Waals surface area contributed by atoms with E-state index in [9.17, 15) is 14.7 Å². The number of aromatic nitrogens is 2. The molecule has 2 heterocycles. The Labute approximate surface area is 205 Å². The van der Waals surface area contributed by atoms with Crippen LogP contribution in [0.3, 0.4) is 0 Å². The van der Waals surface area contributed by atoms with Crippen LogP contribution in [0.5, 0.6) is 0 Å². The molecule has 1 atom stereocenters. The second-order valence-corrected chi connectivity index (χ2v) is 11.1. The maximum Gasteiger partial charge on any atom is 0.323 e. The van der Waals surface area contributed by atoms with Crippen molar-refractivity contribution in [2.75, 3.05) is 17.2 Å². The summed E-state index contributed by atoms with van der Waals surface area (Å²) in [6.45, 7) is 12.0. The van der Waals surface area contributed by atoms with Crippen LogP contribution in [0.4, 0.5) is 5.82 Å². The molecule has 0 radical (unpaired) electrons. The molecular formula is C27H31N3O3S. The molecule has 1 unspecified atom stereocenters. The van der Waals surface area contributed by atoms with Gasteiger partial charge in [-0.3, -0.25) is 14.5 Å². The largest absolute Gasteiger partial charge is 0.480 e. The number of carbonyl (C=O) groups is 2. The number of nitrogens with zero attached hydrogens (tertiary/aromatic N) is 3. The highest BCUT2D eigenvalue weighted by molar-refractivity contribution is 8.00. The van der Waals surface area contributed by atoms with E-state index in [-0.39, 0.29) is 22.3 Å². The second-order valence-electron chi connectivity index (χ2n) is 10.0. The van der Waals surface area contributed by atoms with E-state index in [0.717, 1.165) is 39.2 Å². The number of aryl methyl sites for hydroxylation is 3. The Morgan fingerprint density at radius 1 is 1.12 bits per heavy atom. The number of anilines is 1. The normalized spacial score (nSPS) is 16.4. The third-order valence-corrected chi connectivity index (χ3v) is 7.27. The first-order valence-electron chi connectivity index (χ1n) is 11.4. The Kier molecular flexibility index (Phi) is 6.34. The van der Waals surface area contributed by atoms with E-state index in [1.807, 2.05) is 32.0 Å². The molecule has 7 heteroatoms. The van der Waals surface area contributed by atoms with Crippen LogP contribution in [0.1, 0.15) is 59.5 Å². The van der Waals surface area contributed by atoms with Crippen molar-refractivity contribution in [2.24, 2.45) is 0 Å². The smallest absolute Gasteiger partial charge is 0.323 e. The average molecular weight is 478 g/mol. The van der Waals surface area contributed by atoms with E-state index in [2.05, 4.69) is 52.0 Å². The predicted octanol–water partition coefficient (Wildman–Crippen LogP) is 5.35. The topological polar surface area (TPSA) is 75.4 Å². The van der Waals surface area contributed by atoms with E-state index < -0.39 is 12.5 Å². The first-order chi connectivity index (χ1) is 16.0. The molecule has 0 bridgehead atoms. The number of thioether (sulfide) groups is 1. The molecule has 1 N–H and O–H groups in total. The molecule has 1 aliphatic heterocycles. The van der Waals surface area contributed by atoms with Crippen molar-refractivity contribution in [3.63, 3.8) is 0 Å². The van der Waals surface area contributed by atoms with Crippen molar-refractivity contribution >= 4 is 29.5 Å². The van der Waals surface area contributed by atoms with Gasteiger partial charge in [-0.15, -0.1) is 11.8 Å². The van der Waals surface area contributed by atoms with Gasteiger partial charge >= 0.3 is 5.97 Å². The molecular weight excluding hydrogens is 446 g/mol. The number of benzene rings is 2. The van der Waals surface area contributed by atoms with Gasteiger partial charge in [-0.1, -0.05) is 68.3 Å². The average Bonchev–Trinajstić information content (AvgIpc) is 3.06. The fraction of sp³-hybridized carbons (Fsp3) is 0.370. The van der Waals surface area contributed by atoms with Crippen LogP contribution < -0.4 is 4.90 Å². The van der Waals surface area contributed by atoms with Crippen LogP contribution in [-0.4, -0.2) is 39.1 Å². The number of fused-ring (bicyclic) bond motifs is 1. The molecule has 2 aromatic carbocycles. The predicted molar refractivity (Wildman–Crippen MR) is 137 cm³/mol. The number of amides is 1. The van der Waals surface area contributed by atoms with Crippen molar-refractivity contribution < 1.29 is 14.7 Å². The van der Waals surface area contributed by atoms with Crippen LogP contribution in [0.25, 0.3) is 5.69 Å². The van der Waals surface area contributed by atoms with Crippen molar-refractivity contribution in [3.05, 3.63) is 76.0 Å². The summed E-state index contributed by atoms with van der Waals surface area (Å²) in [5.41, 5.74) is 6.66. The molecule has 1 amide bonds. The van der Waals surface area contributed by atoms with Crippen LogP contribution in [0.15, 0.2) is 42.5 Å². The summed E-state index contributed by atoms with van der Waals surface area (Å²) in [5.74, 6) is -0.531. The summed E-state index contributed by atoms with van der Waals surface area (Å²) in [7, 11) is 0. The minimum absolute atomic E-state index is 0.147. The maximum atomic E-state index is 13.3. The number of carbonyl (C=O) groups excluding carboxylic acids is 1. The second kappa shape index (κ2) is 8.95. The van der Waals surface area contributed by atoms with Crippen LogP contribution in [0, 0.1) is 20.8 Å². The van der Waals surface area contributed by atoms with Crippen LogP contribution in [-0.2, 0) is 15.0 Å². The molecule has 3 aromatic rings. The zero-order chi connectivity index (χ0) is 24.8. The van der Waals surface area contributed by atoms with Gasteiger partial charge in [0, 0.05) is 11.0 Å². The Morgan fingerprint density at radius 2 is 1.82 bits per heavy atom. The van der Waals surface area contributed by atoms with E-state index in [4.69, 9.17) is 5.10 Å². The van der Waals surface area contributed by atoms with Gasteiger partial charge in [-0.25, -0.2) is 4.68 Å². The first kappa shape index (κ1) is 24.1. The van der Waals surface area contributed by atoms with Gasteiger partial charge in [0.15, 0.2) is 0 Å². The minimum Gasteiger partial charge on any atom is -0.480 e. The summed E-state index contributed by atoms with van der Waals surface area (Å²) in [6.07, 6.45) is 0. The van der Waals surface area contributed by atoms with Gasteiger partial charge in [0.05, 0.1) is 22.4 Å². The Morgan fingerprint density at radius 3 is 2.44 bits per heavy atom. The lowest BCUT2D eigenvalue weighted by Crippen LogP contribution is -2.38. The Bertz CT molecular complexity index is 1270. The molecule has 0 spiro atoms. The summed E-state index contributed by atoms with van der Waals surface area (Å²) < 4.78 is 1.79. The van der Waals surface area contributed by atoms with Crippen LogP contribution >= 0.6 is 11.8 Å². The summed E-state index contributed by atoms with van der Waals surface area (Å²) in [4.78, 5) is 26.6. The molecule has 4 rings (SSSR count). The summed E-state index contributed by atoms with van der Waals surface area (Å²) in [5, 5.41) is 14.6. The molecule has 0 fully saturated rings. The molecule has 1 aliphatic rings. The number of rotatable bonds is 4. The number of aliphatic carboxylic acids is 1. The standard InChI is InChI=1S/C27H31N3O3S/c1-16-8-7-9-19(13-16)24-23-25(27(4,5)6)28-30(20-11-10-17(2)12-18(20)3)26(23)29(14-22(32)33)21(31)15-34-24/h7-13,24H,14-15H2,1-6H3,(H,32,33). The van der Waals surface area contributed by atoms with Crippen molar-refractivity contribution in [1.82, 2.24) is 9.78 Å². The molecule has 6 nitrogen and oxygen atoms in total. The number of carboxylic acids is 1. The Hall–Kier alpha value is -3.06. The van der Waals surface area contributed by atoms with E-state index in [1.54, 1.807) is 4.68 Å². The number of carboxylic acid groups (broad SMARTS) is 1. The fourth-order valence-corrected chi connectivity index (χ4v) is 5.70. The van der Waals surface area contributed by atoms with Crippen LogP contribution in [0.2, 0.25) is 0 Å². The van der Waals surface area contributed by atoms with Gasteiger partial charge in [0.1, 0.15) is 12.4 Å². The lowest BCUT2D eigenvalue weighted by atomic mass is 9.87. The maximum absolute atomic E-state index is 13.3.